The van der Waals surface area contributed by atoms with Gasteiger partial charge in [-0.1, -0.05) is 166 Å². The van der Waals surface area contributed by atoms with Gasteiger partial charge < -0.3 is 0 Å². The molecule has 2 heterocycles. The molecule has 2 nitrogen and oxygen atoms in total. The summed E-state index contributed by atoms with van der Waals surface area (Å²) in [4.78, 5) is 8.78. The smallest absolute Gasteiger partial charge is 0.0713 e. The largest absolute Gasteiger partial charge is 0.264 e. The summed E-state index contributed by atoms with van der Waals surface area (Å²) in [6, 6.07) is 69.5. The molecule has 10 rings (SSSR count). The molecule has 0 saturated carbocycles. The van der Waals surface area contributed by atoms with Crippen LogP contribution in [-0.4, -0.2) is 22.5 Å². The van der Waals surface area contributed by atoms with E-state index in [1.54, 1.807) is 11.8 Å². The predicted octanol–water partition coefficient (Wildman–Crippen LogP) is 15.4. The number of aromatic nitrogens is 2. The molecule has 3 heteroatoms. The molecule has 0 aliphatic heterocycles. The van der Waals surface area contributed by atoms with Gasteiger partial charge in [0.25, 0.3) is 0 Å². The van der Waals surface area contributed by atoms with Crippen molar-refractivity contribution in [1.29, 1.82) is 0 Å². The van der Waals surface area contributed by atoms with E-state index in [2.05, 4.69) is 200 Å². The average Bonchev–Trinajstić information content (AvgIpc) is 3.63. The molecule has 0 amide bonds. The van der Waals surface area contributed by atoms with Gasteiger partial charge in [-0.15, -0.1) is 0 Å². The third-order valence-corrected chi connectivity index (χ3v) is 12.0. The lowest BCUT2D eigenvalue weighted by atomic mass is 9.67. The fourth-order valence-electron chi connectivity index (χ4n) is 9.22. The molecule has 0 saturated heterocycles. The molecule has 0 atom stereocenters. The SMILES string of the molecule is CC(C)Cc1ccc(C2(c3cccc(-c4ccc(-c5ccc(-c6cc(-c7cccnc7)cc(-c7cccnc7)c6)cc5)cc4)c3)c3ccccc3-c3ccccc32)cc1.CSC. The van der Waals surface area contributed by atoms with Gasteiger partial charge in [0, 0.05) is 35.9 Å². The molecule has 9 aromatic rings. The molecule has 302 valence electrons. The number of fused-ring (bicyclic) bond motifs is 3. The standard InChI is InChI=1S/C57H44N2.C2H6S/c1-39(2)32-40-18-28-51(29-19-40)57(55-16-5-3-14-53(55)54-15-4-6-17-56(54)57)52-13-7-10-45(36-52)43-24-20-41(21-25-43)42-22-26-44(27-23-42)48-33-49(46-11-8-30-58-37-46)35-50(34-48)47-12-9-31-59-38-47;1-3-2/h3-31,33-39H,32H2,1-2H3;1-2H3. The number of nitrogens with zero attached hydrogens (tertiary/aromatic N) is 2. The minimum absolute atomic E-state index is 0.433. The van der Waals surface area contributed by atoms with Gasteiger partial charge in [-0.05, 0) is 145 Å². The maximum atomic E-state index is 4.39. The predicted molar refractivity (Wildman–Crippen MR) is 264 cm³/mol. The van der Waals surface area contributed by atoms with E-state index in [-0.39, 0.29) is 0 Å². The zero-order valence-corrected chi connectivity index (χ0v) is 36.6. The van der Waals surface area contributed by atoms with Crippen LogP contribution in [0.3, 0.4) is 0 Å². The van der Waals surface area contributed by atoms with Crippen molar-refractivity contribution in [1.82, 2.24) is 9.97 Å². The highest BCUT2D eigenvalue weighted by molar-refractivity contribution is 7.97. The van der Waals surface area contributed by atoms with Crippen molar-refractivity contribution in [2.24, 2.45) is 5.92 Å². The van der Waals surface area contributed by atoms with Crippen molar-refractivity contribution in [2.45, 2.75) is 25.7 Å². The normalized spacial score (nSPS) is 12.3. The Labute approximate surface area is 371 Å². The Kier molecular flexibility index (Phi) is 11.8. The summed E-state index contributed by atoms with van der Waals surface area (Å²) in [5, 5.41) is 0. The topological polar surface area (TPSA) is 25.8 Å². The van der Waals surface area contributed by atoms with Crippen LogP contribution in [0, 0.1) is 5.92 Å². The molecule has 2 aromatic heterocycles. The number of rotatable bonds is 9. The first kappa shape index (κ1) is 40.6. The second kappa shape index (κ2) is 18.0. The van der Waals surface area contributed by atoms with Gasteiger partial charge in [0.15, 0.2) is 0 Å². The van der Waals surface area contributed by atoms with Gasteiger partial charge >= 0.3 is 0 Å². The average molecular weight is 819 g/mol. The Morgan fingerprint density at radius 2 is 0.839 bits per heavy atom. The van der Waals surface area contributed by atoms with Gasteiger partial charge in [-0.3, -0.25) is 9.97 Å². The van der Waals surface area contributed by atoms with Crippen LogP contribution in [0.25, 0.3) is 66.8 Å². The van der Waals surface area contributed by atoms with Crippen molar-refractivity contribution in [3.05, 3.63) is 241 Å². The Morgan fingerprint density at radius 1 is 0.403 bits per heavy atom. The minimum Gasteiger partial charge on any atom is -0.264 e. The maximum absolute atomic E-state index is 4.39. The number of hydrogen-bond donors (Lipinski definition) is 0. The molecular formula is C59H50N2S. The highest BCUT2D eigenvalue weighted by Crippen LogP contribution is 2.56. The third kappa shape index (κ3) is 7.93. The zero-order chi connectivity index (χ0) is 42.5. The van der Waals surface area contributed by atoms with E-state index >= 15 is 0 Å². The van der Waals surface area contributed by atoms with Gasteiger partial charge in [0.05, 0.1) is 5.41 Å². The number of pyridine rings is 2. The Hall–Kier alpha value is -6.81. The highest BCUT2D eigenvalue weighted by atomic mass is 32.2. The van der Waals surface area contributed by atoms with E-state index in [9.17, 15) is 0 Å². The van der Waals surface area contributed by atoms with Gasteiger partial charge in [0.2, 0.25) is 0 Å². The summed E-state index contributed by atoms with van der Waals surface area (Å²) in [6.07, 6.45) is 12.6. The first-order chi connectivity index (χ1) is 30.5. The summed E-state index contributed by atoms with van der Waals surface area (Å²) >= 11 is 1.75. The second-order valence-electron chi connectivity index (χ2n) is 16.6. The minimum atomic E-state index is -0.433. The Bertz CT molecular complexity index is 2820. The molecule has 0 fully saturated rings. The van der Waals surface area contributed by atoms with Crippen LogP contribution in [0.1, 0.15) is 41.7 Å². The first-order valence-electron chi connectivity index (χ1n) is 21.4. The molecule has 7 aromatic carbocycles. The zero-order valence-electron chi connectivity index (χ0n) is 35.8. The van der Waals surface area contributed by atoms with Gasteiger partial charge in [-0.2, -0.15) is 11.8 Å². The van der Waals surface area contributed by atoms with Crippen LogP contribution in [0.5, 0.6) is 0 Å². The van der Waals surface area contributed by atoms with E-state index in [1.807, 2.05) is 49.4 Å². The number of hydrogen-bond acceptors (Lipinski definition) is 3. The summed E-state index contributed by atoms with van der Waals surface area (Å²) in [6.45, 7) is 4.58. The van der Waals surface area contributed by atoms with Gasteiger partial charge in [-0.25, -0.2) is 0 Å². The fourth-order valence-corrected chi connectivity index (χ4v) is 9.22. The second-order valence-corrected chi connectivity index (χ2v) is 17.4. The van der Waals surface area contributed by atoms with E-state index in [0.717, 1.165) is 39.8 Å². The van der Waals surface area contributed by atoms with Crippen LogP contribution in [0.2, 0.25) is 0 Å². The third-order valence-electron chi connectivity index (χ3n) is 12.0. The van der Waals surface area contributed by atoms with Crippen molar-refractivity contribution >= 4 is 11.8 Å². The summed E-state index contributed by atoms with van der Waals surface area (Å²) in [5.74, 6) is 0.609. The Morgan fingerprint density at radius 3 is 1.31 bits per heavy atom. The monoisotopic (exact) mass is 818 g/mol. The van der Waals surface area contributed by atoms with Crippen LogP contribution < -0.4 is 0 Å². The molecule has 0 spiro atoms. The van der Waals surface area contributed by atoms with E-state index < -0.39 is 5.41 Å². The summed E-state index contributed by atoms with van der Waals surface area (Å²) < 4.78 is 0. The molecular weight excluding hydrogens is 769 g/mol. The van der Waals surface area contributed by atoms with E-state index in [0.29, 0.717) is 5.92 Å². The van der Waals surface area contributed by atoms with Crippen LogP contribution in [-0.2, 0) is 11.8 Å². The number of benzene rings is 7. The van der Waals surface area contributed by atoms with Crippen LogP contribution >= 0.6 is 11.8 Å². The lowest BCUT2D eigenvalue weighted by molar-refractivity contribution is 0.646. The molecule has 0 bridgehead atoms. The molecule has 1 aliphatic rings. The van der Waals surface area contributed by atoms with Crippen LogP contribution in [0.4, 0.5) is 0 Å². The van der Waals surface area contributed by atoms with E-state index in [4.69, 9.17) is 0 Å². The lowest BCUT2D eigenvalue weighted by Crippen LogP contribution is -2.28. The molecule has 0 radical (unpaired) electrons. The molecule has 0 N–H and O–H groups in total. The van der Waals surface area contributed by atoms with Crippen molar-refractivity contribution in [3.63, 3.8) is 0 Å². The molecule has 0 unspecified atom stereocenters. The van der Waals surface area contributed by atoms with Gasteiger partial charge in [0.1, 0.15) is 0 Å². The fraction of sp³-hybridized carbons (Fsp3) is 0.119. The highest BCUT2D eigenvalue weighted by Gasteiger charge is 2.46. The van der Waals surface area contributed by atoms with Crippen LogP contribution in [0.15, 0.2) is 213 Å². The maximum Gasteiger partial charge on any atom is 0.0713 e. The molecule has 62 heavy (non-hydrogen) atoms. The number of thioether (sulfide) groups is 1. The first-order valence-corrected chi connectivity index (χ1v) is 23.1. The van der Waals surface area contributed by atoms with E-state index in [1.165, 1.54) is 61.2 Å². The molecule has 1 aliphatic carbocycles. The van der Waals surface area contributed by atoms with Crippen molar-refractivity contribution < 1.29 is 0 Å². The lowest BCUT2D eigenvalue weighted by Gasteiger charge is -2.34. The summed E-state index contributed by atoms with van der Waals surface area (Å²) in [5.41, 5.74) is 20.4. The van der Waals surface area contributed by atoms with Crippen molar-refractivity contribution in [3.8, 4) is 66.8 Å². The quantitative estimate of drug-likeness (QED) is 0.145. The Balaban J connectivity index is 0.00000159. The van der Waals surface area contributed by atoms with Crippen molar-refractivity contribution in [2.75, 3.05) is 12.5 Å². The summed E-state index contributed by atoms with van der Waals surface area (Å²) in [7, 11) is 0.